The number of carbonyl (C=O) groups excluding carboxylic acids is 2. The molecule has 0 aliphatic rings. The zero-order valence-corrected chi connectivity index (χ0v) is 21.3. The lowest BCUT2D eigenvalue weighted by atomic mass is 10.0. The smallest absolute Gasteiger partial charge is 0.339 e. The van der Waals surface area contributed by atoms with E-state index in [1.807, 2.05) is 60.7 Å². The molecule has 0 saturated carbocycles. The van der Waals surface area contributed by atoms with Crippen molar-refractivity contribution in [1.82, 2.24) is 0 Å². The van der Waals surface area contributed by atoms with Crippen LogP contribution in [0.25, 0.3) is 0 Å². The van der Waals surface area contributed by atoms with Gasteiger partial charge in [0.15, 0.2) is 0 Å². The topological polar surface area (TPSA) is 71.1 Å². The molecule has 0 heterocycles. The molecule has 6 nitrogen and oxygen atoms in total. The third kappa shape index (κ3) is 8.33. The molecule has 0 aliphatic heterocycles. The number of hydrogen-bond donors (Lipinski definition) is 0. The number of esters is 2. The van der Waals surface area contributed by atoms with Crippen LogP contribution in [0.15, 0.2) is 78.9 Å². The molecule has 1 unspecified atom stereocenters. The SMILES string of the molecule is CC(C)OC(=O)c1ccc(C(COCc2ccccc2)OCc2ccccc2)cc1C(=O)OC(C)C. The fourth-order valence-electron chi connectivity index (χ4n) is 3.53. The Balaban J connectivity index is 1.87. The van der Waals surface area contributed by atoms with Crippen molar-refractivity contribution in [2.75, 3.05) is 6.61 Å². The third-order valence-corrected chi connectivity index (χ3v) is 5.22. The molecule has 0 amide bonds. The van der Waals surface area contributed by atoms with E-state index >= 15 is 0 Å². The minimum Gasteiger partial charge on any atom is -0.459 e. The highest BCUT2D eigenvalue weighted by atomic mass is 16.6. The first kappa shape index (κ1) is 27.1. The molecule has 0 aromatic heterocycles. The zero-order valence-electron chi connectivity index (χ0n) is 21.3. The first-order valence-electron chi connectivity index (χ1n) is 12.2. The normalized spacial score (nSPS) is 11.9. The van der Waals surface area contributed by atoms with E-state index in [0.717, 1.165) is 11.1 Å². The van der Waals surface area contributed by atoms with Crippen molar-refractivity contribution < 1.29 is 28.5 Å². The van der Waals surface area contributed by atoms with Crippen LogP contribution < -0.4 is 0 Å². The molecule has 0 radical (unpaired) electrons. The summed E-state index contributed by atoms with van der Waals surface area (Å²) in [5, 5.41) is 0. The number of hydrogen-bond acceptors (Lipinski definition) is 6. The summed E-state index contributed by atoms with van der Waals surface area (Å²) in [6, 6.07) is 24.7. The van der Waals surface area contributed by atoms with E-state index in [4.69, 9.17) is 18.9 Å². The highest BCUT2D eigenvalue weighted by Crippen LogP contribution is 2.25. The first-order chi connectivity index (χ1) is 17.3. The van der Waals surface area contributed by atoms with Gasteiger partial charge in [-0.2, -0.15) is 0 Å². The zero-order chi connectivity index (χ0) is 25.9. The van der Waals surface area contributed by atoms with Gasteiger partial charge in [0.25, 0.3) is 0 Å². The van der Waals surface area contributed by atoms with Gasteiger partial charge in [0.2, 0.25) is 0 Å². The Labute approximate surface area is 213 Å². The Morgan fingerprint density at radius 2 is 1.19 bits per heavy atom. The van der Waals surface area contributed by atoms with Gasteiger partial charge >= 0.3 is 11.9 Å². The van der Waals surface area contributed by atoms with Gasteiger partial charge < -0.3 is 18.9 Å². The van der Waals surface area contributed by atoms with Gasteiger partial charge in [0.1, 0.15) is 6.10 Å². The summed E-state index contributed by atoms with van der Waals surface area (Å²) >= 11 is 0. The van der Waals surface area contributed by atoms with E-state index in [9.17, 15) is 9.59 Å². The minimum absolute atomic E-state index is 0.142. The van der Waals surface area contributed by atoms with E-state index in [1.54, 1.807) is 45.9 Å². The van der Waals surface area contributed by atoms with E-state index in [-0.39, 0.29) is 29.9 Å². The molecule has 0 aliphatic carbocycles. The molecule has 36 heavy (non-hydrogen) atoms. The largest absolute Gasteiger partial charge is 0.459 e. The van der Waals surface area contributed by atoms with Gasteiger partial charge in [0.05, 0.1) is 43.2 Å². The molecule has 3 aromatic rings. The van der Waals surface area contributed by atoms with Crippen molar-refractivity contribution in [2.24, 2.45) is 0 Å². The Morgan fingerprint density at radius 1 is 0.667 bits per heavy atom. The van der Waals surface area contributed by atoms with Crippen LogP contribution in [0.3, 0.4) is 0 Å². The number of rotatable bonds is 12. The van der Waals surface area contributed by atoms with Crippen LogP contribution in [0, 0.1) is 0 Å². The maximum absolute atomic E-state index is 12.9. The van der Waals surface area contributed by atoms with Gasteiger partial charge in [-0.1, -0.05) is 66.7 Å². The predicted octanol–water partition coefficient (Wildman–Crippen LogP) is 6.29. The van der Waals surface area contributed by atoms with Crippen molar-refractivity contribution in [2.45, 2.75) is 59.2 Å². The van der Waals surface area contributed by atoms with Crippen molar-refractivity contribution in [3.8, 4) is 0 Å². The van der Waals surface area contributed by atoms with Crippen LogP contribution in [0.1, 0.15) is 71.2 Å². The van der Waals surface area contributed by atoms with E-state index in [1.165, 1.54) is 0 Å². The van der Waals surface area contributed by atoms with Crippen LogP contribution >= 0.6 is 0 Å². The molecule has 190 valence electrons. The maximum atomic E-state index is 12.9. The number of benzene rings is 3. The Hall–Kier alpha value is -3.48. The lowest BCUT2D eigenvalue weighted by molar-refractivity contribution is -0.0314. The van der Waals surface area contributed by atoms with Gasteiger partial charge in [-0.05, 0) is 56.5 Å². The summed E-state index contributed by atoms with van der Waals surface area (Å²) < 4.78 is 23.0. The Bertz CT molecular complexity index is 1110. The van der Waals surface area contributed by atoms with Crippen LogP contribution in [0.4, 0.5) is 0 Å². The van der Waals surface area contributed by atoms with Crippen LogP contribution in [0.2, 0.25) is 0 Å². The maximum Gasteiger partial charge on any atom is 0.339 e. The molecule has 3 rings (SSSR count). The van der Waals surface area contributed by atoms with Crippen molar-refractivity contribution >= 4 is 11.9 Å². The second-order valence-corrected chi connectivity index (χ2v) is 9.00. The highest BCUT2D eigenvalue weighted by Gasteiger charge is 2.24. The van der Waals surface area contributed by atoms with Gasteiger partial charge in [-0.25, -0.2) is 9.59 Å². The van der Waals surface area contributed by atoms with Crippen LogP contribution in [-0.2, 0) is 32.2 Å². The monoisotopic (exact) mass is 490 g/mol. The molecular formula is C30H34O6. The lowest BCUT2D eigenvalue weighted by Crippen LogP contribution is -2.20. The van der Waals surface area contributed by atoms with Crippen molar-refractivity contribution in [3.05, 3.63) is 107 Å². The lowest BCUT2D eigenvalue weighted by Gasteiger charge is -2.21. The fourth-order valence-corrected chi connectivity index (χ4v) is 3.53. The Morgan fingerprint density at radius 3 is 1.75 bits per heavy atom. The number of carbonyl (C=O) groups is 2. The molecule has 0 fully saturated rings. The second-order valence-electron chi connectivity index (χ2n) is 9.00. The minimum atomic E-state index is -0.588. The summed E-state index contributed by atoms with van der Waals surface area (Å²) in [5.41, 5.74) is 3.07. The fraction of sp³-hybridized carbons (Fsp3) is 0.333. The summed E-state index contributed by atoms with van der Waals surface area (Å²) in [6.07, 6.45) is -1.14. The summed E-state index contributed by atoms with van der Waals surface area (Å²) in [4.78, 5) is 25.6. The first-order valence-corrected chi connectivity index (χ1v) is 12.2. The Kier molecular flexibility index (Phi) is 10.2. The summed E-state index contributed by atoms with van der Waals surface area (Å²) in [7, 11) is 0. The average Bonchev–Trinajstić information content (AvgIpc) is 2.86. The molecule has 1 atom stereocenters. The molecule has 0 saturated heterocycles. The van der Waals surface area contributed by atoms with E-state index in [2.05, 4.69) is 0 Å². The summed E-state index contributed by atoms with van der Waals surface area (Å²) in [6.45, 7) is 8.09. The standard InChI is InChI=1S/C30H34O6/c1-21(2)35-29(31)26-16-15-25(17-27(26)30(32)36-22(3)4)28(34-19-24-13-9-6-10-14-24)20-33-18-23-11-7-5-8-12-23/h5-17,21-22,28H,18-20H2,1-4H3. The average molecular weight is 491 g/mol. The van der Waals surface area contributed by atoms with Gasteiger partial charge in [0, 0.05) is 0 Å². The van der Waals surface area contributed by atoms with Gasteiger partial charge in [-0.15, -0.1) is 0 Å². The number of ether oxygens (including phenoxy) is 4. The quantitative estimate of drug-likeness (QED) is 0.278. The van der Waals surface area contributed by atoms with Crippen molar-refractivity contribution in [1.29, 1.82) is 0 Å². The van der Waals surface area contributed by atoms with Crippen LogP contribution in [-0.4, -0.2) is 30.8 Å². The van der Waals surface area contributed by atoms with E-state index < -0.39 is 18.0 Å². The molecule has 0 bridgehead atoms. The van der Waals surface area contributed by atoms with E-state index in [0.29, 0.717) is 18.8 Å². The van der Waals surface area contributed by atoms with Crippen LogP contribution in [0.5, 0.6) is 0 Å². The molecule has 3 aromatic carbocycles. The molecule has 0 N–H and O–H groups in total. The molecule has 0 spiro atoms. The summed E-state index contributed by atoms with van der Waals surface area (Å²) in [5.74, 6) is -1.16. The predicted molar refractivity (Wildman–Crippen MR) is 138 cm³/mol. The second kappa shape index (κ2) is 13.6. The van der Waals surface area contributed by atoms with Gasteiger partial charge in [-0.3, -0.25) is 0 Å². The highest BCUT2D eigenvalue weighted by molar-refractivity contribution is 6.03. The van der Waals surface area contributed by atoms with Crippen molar-refractivity contribution in [3.63, 3.8) is 0 Å². The third-order valence-electron chi connectivity index (χ3n) is 5.22. The molecule has 6 heteroatoms. The molecular weight excluding hydrogens is 456 g/mol.